The summed E-state index contributed by atoms with van der Waals surface area (Å²) in [5.41, 5.74) is 7.07. The Morgan fingerprint density at radius 1 is 1.40 bits per heavy atom. The molecular formula is C14H15N3OS2. The number of thioether (sulfide) groups is 1. The molecule has 0 radical (unpaired) electrons. The van der Waals surface area contributed by atoms with Gasteiger partial charge in [0.25, 0.3) is 0 Å². The van der Waals surface area contributed by atoms with Crippen LogP contribution in [0.25, 0.3) is 11.0 Å². The molecule has 2 aromatic heterocycles. The Kier molecular flexibility index (Phi) is 4.05. The average Bonchev–Trinajstić information content (AvgIpc) is 3.10. The molecule has 2 N–H and O–H groups in total. The van der Waals surface area contributed by atoms with Gasteiger partial charge in [0, 0.05) is 17.6 Å². The van der Waals surface area contributed by atoms with Crippen molar-refractivity contribution in [2.45, 2.75) is 23.7 Å². The monoisotopic (exact) mass is 305 g/mol. The van der Waals surface area contributed by atoms with E-state index in [0.29, 0.717) is 0 Å². The van der Waals surface area contributed by atoms with Crippen LogP contribution >= 0.6 is 23.3 Å². The molecule has 0 aliphatic carbocycles. The molecule has 1 aromatic carbocycles. The van der Waals surface area contributed by atoms with Gasteiger partial charge in [0.2, 0.25) is 0 Å². The van der Waals surface area contributed by atoms with E-state index >= 15 is 0 Å². The van der Waals surface area contributed by atoms with Gasteiger partial charge in [-0.25, -0.2) is 4.98 Å². The SMILES string of the molecule is CCc1nsc(SCC(N)c2cc3ccccc3o2)n1. The maximum atomic E-state index is 6.19. The zero-order valence-electron chi connectivity index (χ0n) is 11.1. The molecule has 1 unspecified atom stereocenters. The lowest BCUT2D eigenvalue weighted by Gasteiger charge is -2.05. The van der Waals surface area contributed by atoms with Crippen molar-refractivity contribution in [3.05, 3.63) is 41.9 Å². The van der Waals surface area contributed by atoms with E-state index in [9.17, 15) is 0 Å². The summed E-state index contributed by atoms with van der Waals surface area (Å²) in [6.07, 6.45) is 0.868. The predicted octanol–water partition coefficient (Wildman–Crippen LogP) is 3.64. The number of hydrogen-bond donors (Lipinski definition) is 1. The van der Waals surface area contributed by atoms with Crippen LogP contribution in [0.2, 0.25) is 0 Å². The highest BCUT2D eigenvalue weighted by molar-refractivity contribution is 8.00. The largest absolute Gasteiger partial charge is 0.459 e. The molecule has 20 heavy (non-hydrogen) atoms. The second-order valence-corrected chi connectivity index (χ2v) is 6.45. The third kappa shape index (κ3) is 2.87. The molecule has 0 aliphatic rings. The summed E-state index contributed by atoms with van der Waals surface area (Å²) < 4.78 is 11.0. The van der Waals surface area contributed by atoms with Gasteiger partial charge in [-0.3, -0.25) is 0 Å². The Balaban J connectivity index is 1.67. The third-order valence-electron chi connectivity index (χ3n) is 2.96. The second-order valence-electron chi connectivity index (χ2n) is 4.43. The smallest absolute Gasteiger partial charge is 0.170 e. The molecule has 6 heteroatoms. The summed E-state index contributed by atoms with van der Waals surface area (Å²) in [5.74, 6) is 2.45. The molecule has 3 rings (SSSR count). The highest BCUT2D eigenvalue weighted by Gasteiger charge is 2.13. The van der Waals surface area contributed by atoms with Crippen molar-refractivity contribution in [2.75, 3.05) is 5.75 Å². The highest BCUT2D eigenvalue weighted by atomic mass is 32.2. The molecule has 3 aromatic rings. The van der Waals surface area contributed by atoms with E-state index < -0.39 is 0 Å². The fourth-order valence-corrected chi connectivity index (χ4v) is 3.55. The van der Waals surface area contributed by atoms with E-state index in [1.165, 1.54) is 11.5 Å². The first kappa shape index (κ1) is 13.6. The predicted molar refractivity (Wildman–Crippen MR) is 83.2 cm³/mol. The number of hydrogen-bond acceptors (Lipinski definition) is 6. The van der Waals surface area contributed by atoms with Crippen molar-refractivity contribution < 1.29 is 4.42 Å². The molecule has 0 saturated heterocycles. The fourth-order valence-electron chi connectivity index (χ4n) is 1.87. The number of aromatic nitrogens is 2. The summed E-state index contributed by atoms with van der Waals surface area (Å²) in [6, 6.07) is 9.82. The summed E-state index contributed by atoms with van der Waals surface area (Å²) in [7, 11) is 0. The lowest BCUT2D eigenvalue weighted by Crippen LogP contribution is -2.11. The molecule has 1 atom stereocenters. The molecular weight excluding hydrogens is 290 g/mol. The molecule has 0 fully saturated rings. The number of para-hydroxylation sites is 1. The quantitative estimate of drug-likeness (QED) is 0.729. The van der Waals surface area contributed by atoms with E-state index in [2.05, 4.69) is 16.3 Å². The van der Waals surface area contributed by atoms with Crippen molar-refractivity contribution in [2.24, 2.45) is 5.73 Å². The molecule has 0 saturated carbocycles. The van der Waals surface area contributed by atoms with Crippen molar-refractivity contribution in [3.63, 3.8) is 0 Å². The van der Waals surface area contributed by atoms with Crippen LogP contribution in [0.1, 0.15) is 24.6 Å². The molecule has 104 valence electrons. The van der Waals surface area contributed by atoms with Crippen LogP contribution in [0.15, 0.2) is 39.1 Å². The number of benzene rings is 1. The van der Waals surface area contributed by atoms with E-state index in [-0.39, 0.29) is 6.04 Å². The molecule has 0 spiro atoms. The summed E-state index contributed by atoms with van der Waals surface area (Å²) in [4.78, 5) is 4.42. The van der Waals surface area contributed by atoms with Crippen LogP contribution in [0.4, 0.5) is 0 Å². The fraction of sp³-hybridized carbons (Fsp3) is 0.286. The Hall–Kier alpha value is -1.37. The molecule has 0 amide bonds. The summed E-state index contributed by atoms with van der Waals surface area (Å²) in [5, 5.41) is 1.09. The standard InChI is InChI=1S/C14H15N3OS2/c1-2-13-16-14(20-17-13)19-8-10(15)12-7-9-5-3-4-6-11(9)18-12/h3-7,10H,2,8,15H2,1H3. The second kappa shape index (κ2) is 5.95. The van der Waals surface area contributed by atoms with E-state index in [1.807, 2.05) is 30.3 Å². The highest BCUT2D eigenvalue weighted by Crippen LogP contribution is 2.28. The topological polar surface area (TPSA) is 64.9 Å². The first-order chi connectivity index (χ1) is 9.76. The maximum absolute atomic E-state index is 6.19. The van der Waals surface area contributed by atoms with Gasteiger partial charge in [-0.2, -0.15) is 4.37 Å². The Morgan fingerprint density at radius 3 is 3.00 bits per heavy atom. The number of aryl methyl sites for hydroxylation is 1. The van der Waals surface area contributed by atoms with Gasteiger partial charge >= 0.3 is 0 Å². The Bertz CT molecular complexity index is 674. The van der Waals surface area contributed by atoms with Crippen LogP contribution in [0.3, 0.4) is 0 Å². The van der Waals surface area contributed by atoms with Crippen LogP contribution in [-0.4, -0.2) is 15.1 Å². The van der Waals surface area contributed by atoms with Crippen molar-refractivity contribution in [1.29, 1.82) is 0 Å². The molecule has 2 heterocycles. The normalized spacial score (nSPS) is 12.9. The van der Waals surface area contributed by atoms with E-state index in [0.717, 1.165) is 39.1 Å². The Labute approximate surface area is 125 Å². The van der Waals surface area contributed by atoms with Crippen molar-refractivity contribution in [1.82, 2.24) is 9.36 Å². The van der Waals surface area contributed by atoms with Crippen LogP contribution in [0, 0.1) is 0 Å². The lowest BCUT2D eigenvalue weighted by atomic mass is 10.2. The van der Waals surface area contributed by atoms with Gasteiger partial charge < -0.3 is 10.2 Å². The van der Waals surface area contributed by atoms with E-state index in [4.69, 9.17) is 10.2 Å². The van der Waals surface area contributed by atoms with Gasteiger partial charge in [-0.15, -0.1) is 0 Å². The molecule has 0 bridgehead atoms. The van der Waals surface area contributed by atoms with Gasteiger partial charge in [-0.1, -0.05) is 36.9 Å². The zero-order chi connectivity index (χ0) is 13.9. The minimum atomic E-state index is -0.138. The van der Waals surface area contributed by atoms with Gasteiger partial charge in [0.05, 0.1) is 6.04 Å². The van der Waals surface area contributed by atoms with Gasteiger partial charge in [-0.05, 0) is 23.7 Å². The number of nitrogens with zero attached hydrogens (tertiary/aromatic N) is 2. The van der Waals surface area contributed by atoms with Crippen LogP contribution in [-0.2, 0) is 6.42 Å². The van der Waals surface area contributed by atoms with Gasteiger partial charge in [0.1, 0.15) is 17.2 Å². The van der Waals surface area contributed by atoms with Gasteiger partial charge in [0.15, 0.2) is 4.34 Å². The number of nitrogens with two attached hydrogens (primary N) is 1. The molecule has 0 aliphatic heterocycles. The minimum absolute atomic E-state index is 0.138. The number of furan rings is 1. The average molecular weight is 305 g/mol. The zero-order valence-corrected chi connectivity index (χ0v) is 12.7. The number of rotatable bonds is 5. The third-order valence-corrected chi connectivity index (χ3v) is 4.95. The first-order valence-electron chi connectivity index (χ1n) is 6.45. The molecule has 4 nitrogen and oxygen atoms in total. The Morgan fingerprint density at radius 2 is 2.25 bits per heavy atom. The number of fused-ring (bicyclic) bond motifs is 1. The van der Waals surface area contributed by atoms with E-state index in [1.54, 1.807) is 11.8 Å². The van der Waals surface area contributed by atoms with Crippen LogP contribution in [0.5, 0.6) is 0 Å². The lowest BCUT2D eigenvalue weighted by molar-refractivity contribution is 0.516. The maximum Gasteiger partial charge on any atom is 0.170 e. The van der Waals surface area contributed by atoms with Crippen molar-refractivity contribution >= 4 is 34.3 Å². The van der Waals surface area contributed by atoms with Crippen molar-refractivity contribution in [3.8, 4) is 0 Å². The minimum Gasteiger partial charge on any atom is -0.459 e. The summed E-state index contributed by atoms with van der Waals surface area (Å²) >= 11 is 3.06. The summed E-state index contributed by atoms with van der Waals surface area (Å²) in [6.45, 7) is 2.05. The first-order valence-corrected chi connectivity index (χ1v) is 8.21. The van der Waals surface area contributed by atoms with Crippen LogP contribution < -0.4 is 5.73 Å².